The summed E-state index contributed by atoms with van der Waals surface area (Å²) >= 11 is 12.2. The van der Waals surface area contributed by atoms with E-state index in [0.29, 0.717) is 27.1 Å². The second-order valence-electron chi connectivity index (χ2n) is 6.95. The normalized spacial score (nSPS) is 15.3. The fourth-order valence-electron chi connectivity index (χ4n) is 3.18. The van der Waals surface area contributed by atoms with Crippen molar-refractivity contribution < 1.29 is 23.5 Å². The van der Waals surface area contributed by atoms with Gasteiger partial charge in [-0.25, -0.2) is 0 Å². The Bertz CT molecular complexity index is 1200. The molecule has 1 aromatic heterocycles. The molecular formula is C23H18Cl2N2O5. The summed E-state index contributed by atoms with van der Waals surface area (Å²) in [6.07, 6.45) is 1.73. The highest BCUT2D eigenvalue weighted by molar-refractivity contribution is 6.36. The van der Waals surface area contributed by atoms with Crippen LogP contribution in [-0.2, 0) is 19.1 Å². The summed E-state index contributed by atoms with van der Waals surface area (Å²) in [5.74, 6) is -0.872. The van der Waals surface area contributed by atoms with E-state index in [1.807, 2.05) is 6.07 Å². The highest BCUT2D eigenvalue weighted by Crippen LogP contribution is 2.33. The van der Waals surface area contributed by atoms with Crippen LogP contribution in [0.25, 0.3) is 17.4 Å². The summed E-state index contributed by atoms with van der Waals surface area (Å²) in [5.41, 5.74) is 0.928. The number of benzene rings is 1. The van der Waals surface area contributed by atoms with Crippen molar-refractivity contribution in [1.82, 2.24) is 4.90 Å². The van der Waals surface area contributed by atoms with E-state index in [4.69, 9.17) is 32.4 Å². The summed E-state index contributed by atoms with van der Waals surface area (Å²) in [6, 6.07) is 10.2. The van der Waals surface area contributed by atoms with Gasteiger partial charge in [-0.05, 0) is 55.3 Å². The predicted octanol–water partition coefficient (Wildman–Crippen LogP) is 4.80. The first-order valence-electron chi connectivity index (χ1n) is 9.60. The average molecular weight is 473 g/mol. The number of hydrogen-bond donors (Lipinski definition) is 0. The molecule has 2 amide bonds. The third-order valence-corrected chi connectivity index (χ3v) is 5.31. The lowest BCUT2D eigenvalue weighted by atomic mass is 9.94. The topological polar surface area (TPSA) is 101 Å². The number of halogens is 2. The maximum atomic E-state index is 13.0. The van der Waals surface area contributed by atoms with Crippen molar-refractivity contribution in [2.75, 3.05) is 13.2 Å². The van der Waals surface area contributed by atoms with E-state index in [-0.39, 0.29) is 36.3 Å². The summed E-state index contributed by atoms with van der Waals surface area (Å²) < 4.78 is 10.7. The Balaban J connectivity index is 1.91. The van der Waals surface area contributed by atoms with Crippen LogP contribution < -0.4 is 0 Å². The van der Waals surface area contributed by atoms with Crippen molar-refractivity contribution >= 4 is 47.1 Å². The maximum absolute atomic E-state index is 13.0. The Morgan fingerprint density at radius 1 is 1.22 bits per heavy atom. The van der Waals surface area contributed by atoms with E-state index in [9.17, 15) is 19.6 Å². The zero-order chi connectivity index (χ0) is 23.4. The summed E-state index contributed by atoms with van der Waals surface area (Å²) in [5, 5.41) is 10.4. The molecule has 2 heterocycles. The van der Waals surface area contributed by atoms with Gasteiger partial charge in [-0.15, -0.1) is 0 Å². The van der Waals surface area contributed by atoms with Gasteiger partial charge in [-0.1, -0.05) is 23.2 Å². The molecule has 3 rings (SSSR count). The largest absolute Gasteiger partial charge is 0.466 e. The lowest BCUT2D eigenvalue weighted by Crippen LogP contribution is -2.43. The number of carbonyl (C=O) groups is 3. The lowest BCUT2D eigenvalue weighted by Gasteiger charge is -2.27. The summed E-state index contributed by atoms with van der Waals surface area (Å²) in [4.78, 5) is 37.5. The van der Waals surface area contributed by atoms with E-state index < -0.39 is 17.8 Å². The van der Waals surface area contributed by atoms with Crippen molar-refractivity contribution in [3.8, 4) is 17.4 Å². The van der Waals surface area contributed by atoms with Crippen molar-refractivity contribution in [3.05, 3.63) is 62.9 Å². The second kappa shape index (κ2) is 9.86. The SMILES string of the molecule is CC(=O)OCCCN1C(=O)C(=Cc2ccc(-c3ccc(Cl)cc3Cl)o2)C(C)=C(C#N)C1=O. The Labute approximate surface area is 194 Å². The zero-order valence-electron chi connectivity index (χ0n) is 17.3. The minimum Gasteiger partial charge on any atom is -0.466 e. The molecule has 2 aromatic rings. The predicted molar refractivity (Wildman–Crippen MR) is 118 cm³/mol. The van der Waals surface area contributed by atoms with Gasteiger partial charge in [0.1, 0.15) is 23.2 Å². The smallest absolute Gasteiger partial charge is 0.302 e. The van der Waals surface area contributed by atoms with E-state index in [2.05, 4.69) is 0 Å². The Kier molecular flexibility index (Phi) is 7.18. The van der Waals surface area contributed by atoms with Gasteiger partial charge in [-0.3, -0.25) is 19.3 Å². The molecule has 9 heteroatoms. The Hall–Kier alpha value is -3.34. The number of rotatable bonds is 6. The number of nitrogens with zero attached hydrogens (tertiary/aromatic N) is 2. The molecule has 0 saturated heterocycles. The molecule has 164 valence electrons. The minimum absolute atomic E-state index is 0.00450. The van der Waals surface area contributed by atoms with Gasteiger partial charge in [0, 0.05) is 29.6 Å². The molecule has 0 fully saturated rings. The van der Waals surface area contributed by atoms with Gasteiger partial charge >= 0.3 is 5.97 Å². The molecule has 0 radical (unpaired) electrons. The monoisotopic (exact) mass is 472 g/mol. The van der Waals surface area contributed by atoms with Crippen LogP contribution >= 0.6 is 23.2 Å². The summed E-state index contributed by atoms with van der Waals surface area (Å²) in [7, 11) is 0. The van der Waals surface area contributed by atoms with Crippen LogP contribution in [0.15, 0.2) is 51.5 Å². The lowest BCUT2D eigenvalue weighted by molar-refractivity contribution is -0.141. The van der Waals surface area contributed by atoms with Crippen LogP contribution in [0.4, 0.5) is 0 Å². The first kappa shape index (κ1) is 23.3. The molecule has 32 heavy (non-hydrogen) atoms. The maximum Gasteiger partial charge on any atom is 0.302 e. The second-order valence-corrected chi connectivity index (χ2v) is 7.80. The van der Waals surface area contributed by atoms with Crippen molar-refractivity contribution in [2.24, 2.45) is 0 Å². The van der Waals surface area contributed by atoms with E-state index in [1.165, 1.54) is 19.9 Å². The molecule has 1 aromatic carbocycles. The van der Waals surface area contributed by atoms with Crippen molar-refractivity contribution in [2.45, 2.75) is 20.3 Å². The fourth-order valence-corrected chi connectivity index (χ4v) is 3.68. The van der Waals surface area contributed by atoms with Gasteiger partial charge in [-0.2, -0.15) is 5.26 Å². The molecule has 0 N–H and O–H groups in total. The van der Waals surface area contributed by atoms with Crippen LogP contribution in [0, 0.1) is 11.3 Å². The van der Waals surface area contributed by atoms with Crippen LogP contribution in [0.1, 0.15) is 26.0 Å². The van der Waals surface area contributed by atoms with Gasteiger partial charge in [0.2, 0.25) is 0 Å². The number of ether oxygens (including phenoxy) is 1. The number of furan rings is 1. The van der Waals surface area contributed by atoms with Crippen LogP contribution in [0.2, 0.25) is 10.0 Å². The quantitative estimate of drug-likeness (QED) is 0.259. The Morgan fingerprint density at radius 3 is 2.62 bits per heavy atom. The van der Waals surface area contributed by atoms with Crippen molar-refractivity contribution in [3.63, 3.8) is 0 Å². The molecule has 0 aliphatic carbocycles. The number of nitriles is 1. The Morgan fingerprint density at radius 2 is 1.97 bits per heavy atom. The average Bonchev–Trinajstić information content (AvgIpc) is 3.19. The third kappa shape index (κ3) is 4.93. The summed E-state index contributed by atoms with van der Waals surface area (Å²) in [6.45, 7) is 2.87. The highest BCUT2D eigenvalue weighted by atomic mass is 35.5. The first-order valence-corrected chi connectivity index (χ1v) is 10.4. The molecule has 0 saturated carbocycles. The molecule has 0 bridgehead atoms. The number of carbonyl (C=O) groups excluding carboxylic acids is 3. The number of hydrogen-bond acceptors (Lipinski definition) is 6. The molecule has 1 aliphatic rings. The molecule has 0 unspecified atom stereocenters. The van der Waals surface area contributed by atoms with E-state index in [1.54, 1.807) is 30.3 Å². The zero-order valence-corrected chi connectivity index (χ0v) is 18.8. The molecule has 0 atom stereocenters. The number of amides is 2. The van der Waals surface area contributed by atoms with Crippen LogP contribution in [0.3, 0.4) is 0 Å². The van der Waals surface area contributed by atoms with Crippen LogP contribution in [-0.4, -0.2) is 35.8 Å². The van der Waals surface area contributed by atoms with E-state index >= 15 is 0 Å². The van der Waals surface area contributed by atoms with Gasteiger partial charge < -0.3 is 9.15 Å². The molecule has 0 spiro atoms. The molecule has 1 aliphatic heterocycles. The standard InChI is InChI=1S/C23H18Cl2N2O5/c1-13-18(11-16-5-7-21(32-16)17-6-4-15(24)10-20(17)25)22(29)27(23(30)19(13)12-26)8-3-9-31-14(2)28/h4-7,10-11H,3,8-9H2,1-2H3. The van der Waals surface area contributed by atoms with E-state index in [0.717, 1.165) is 4.90 Å². The van der Waals surface area contributed by atoms with Crippen LogP contribution in [0.5, 0.6) is 0 Å². The van der Waals surface area contributed by atoms with Gasteiger partial charge in [0.15, 0.2) is 0 Å². The fraction of sp³-hybridized carbons (Fsp3) is 0.217. The van der Waals surface area contributed by atoms with Gasteiger partial charge in [0.25, 0.3) is 11.8 Å². The molecular weight excluding hydrogens is 455 g/mol. The number of imide groups is 1. The first-order chi connectivity index (χ1) is 15.2. The third-order valence-electron chi connectivity index (χ3n) is 4.77. The highest BCUT2D eigenvalue weighted by Gasteiger charge is 2.35. The van der Waals surface area contributed by atoms with Crippen molar-refractivity contribution in [1.29, 1.82) is 5.26 Å². The number of esters is 1. The molecule has 7 nitrogen and oxygen atoms in total. The van der Waals surface area contributed by atoms with Gasteiger partial charge in [0.05, 0.1) is 11.6 Å². The minimum atomic E-state index is -0.678.